The molecule has 0 unspecified atom stereocenters. The zero-order chi connectivity index (χ0) is 18.8. The number of aryl methyl sites for hydroxylation is 2. The molecule has 0 N–H and O–H groups in total. The van der Waals surface area contributed by atoms with Gasteiger partial charge in [-0.15, -0.1) is 0 Å². The van der Waals surface area contributed by atoms with Crippen LogP contribution in [-0.2, 0) is 17.8 Å². The van der Waals surface area contributed by atoms with Gasteiger partial charge in [0.15, 0.2) is 5.16 Å². The molecule has 1 amide bonds. The van der Waals surface area contributed by atoms with Crippen molar-refractivity contribution >= 4 is 17.7 Å². The van der Waals surface area contributed by atoms with Crippen LogP contribution >= 0.6 is 11.8 Å². The highest BCUT2D eigenvalue weighted by Gasteiger charge is 2.21. The molecule has 0 saturated carbocycles. The molecular formula is C22H23N3OS. The second-order valence-electron chi connectivity index (χ2n) is 6.99. The van der Waals surface area contributed by atoms with Crippen LogP contribution in [0.25, 0.3) is 5.69 Å². The van der Waals surface area contributed by atoms with Gasteiger partial charge in [0.05, 0.1) is 11.4 Å². The van der Waals surface area contributed by atoms with Crippen molar-refractivity contribution in [1.82, 2.24) is 14.5 Å². The van der Waals surface area contributed by atoms with Gasteiger partial charge in [-0.1, -0.05) is 53.7 Å². The monoisotopic (exact) mass is 377 g/mol. The summed E-state index contributed by atoms with van der Waals surface area (Å²) < 4.78 is 2.07. The van der Waals surface area contributed by atoms with Crippen LogP contribution in [0.5, 0.6) is 0 Å². The molecule has 138 valence electrons. The molecule has 1 aromatic heterocycles. The van der Waals surface area contributed by atoms with Crippen LogP contribution in [0.4, 0.5) is 0 Å². The van der Waals surface area contributed by atoms with Crippen LogP contribution in [0, 0.1) is 13.8 Å². The van der Waals surface area contributed by atoms with Crippen molar-refractivity contribution in [2.24, 2.45) is 0 Å². The van der Waals surface area contributed by atoms with Crippen molar-refractivity contribution < 1.29 is 4.79 Å². The standard InChI is InChI=1S/C22H23N3OS/c1-16-7-8-20(17(2)13-16)25-12-10-23-22(25)27-15-21(26)24-11-9-18-5-3-4-6-19(18)14-24/h3-8,10,12-13H,9,11,14-15H2,1-2H3. The van der Waals surface area contributed by atoms with E-state index in [-0.39, 0.29) is 5.91 Å². The summed E-state index contributed by atoms with van der Waals surface area (Å²) in [5.74, 6) is 0.578. The van der Waals surface area contributed by atoms with E-state index in [9.17, 15) is 4.79 Å². The number of nitrogens with zero attached hydrogens (tertiary/aromatic N) is 3. The molecule has 0 bridgehead atoms. The lowest BCUT2D eigenvalue weighted by Crippen LogP contribution is -2.37. The zero-order valence-corrected chi connectivity index (χ0v) is 16.5. The number of thioether (sulfide) groups is 1. The maximum Gasteiger partial charge on any atom is 0.233 e. The smallest absolute Gasteiger partial charge is 0.233 e. The topological polar surface area (TPSA) is 38.1 Å². The lowest BCUT2D eigenvalue weighted by Gasteiger charge is -2.28. The van der Waals surface area contributed by atoms with Crippen LogP contribution in [0.1, 0.15) is 22.3 Å². The number of carbonyl (C=O) groups excluding carboxylic acids is 1. The average Bonchev–Trinajstić information content (AvgIpc) is 3.14. The van der Waals surface area contributed by atoms with Gasteiger partial charge in [0.2, 0.25) is 5.91 Å². The summed E-state index contributed by atoms with van der Waals surface area (Å²) in [5.41, 5.74) is 6.18. The highest BCUT2D eigenvalue weighted by atomic mass is 32.2. The summed E-state index contributed by atoms with van der Waals surface area (Å²) >= 11 is 1.51. The predicted molar refractivity (Wildman–Crippen MR) is 109 cm³/mol. The van der Waals surface area contributed by atoms with E-state index in [2.05, 4.69) is 59.8 Å². The number of carbonyl (C=O) groups is 1. The molecule has 0 aliphatic carbocycles. The van der Waals surface area contributed by atoms with Gasteiger partial charge in [-0.2, -0.15) is 0 Å². The molecule has 0 saturated heterocycles. The van der Waals surface area contributed by atoms with E-state index in [1.54, 1.807) is 6.20 Å². The van der Waals surface area contributed by atoms with Gasteiger partial charge in [0.25, 0.3) is 0 Å². The average molecular weight is 378 g/mol. The number of imidazole rings is 1. The lowest BCUT2D eigenvalue weighted by molar-refractivity contribution is -0.129. The Hall–Kier alpha value is -2.53. The molecular weight excluding hydrogens is 354 g/mol. The first-order chi connectivity index (χ1) is 13.1. The molecule has 2 aromatic carbocycles. The molecule has 0 atom stereocenters. The van der Waals surface area contributed by atoms with Gasteiger partial charge in [0.1, 0.15) is 0 Å². The molecule has 3 aromatic rings. The first-order valence-corrected chi connectivity index (χ1v) is 10.2. The summed E-state index contributed by atoms with van der Waals surface area (Å²) in [7, 11) is 0. The summed E-state index contributed by atoms with van der Waals surface area (Å²) in [4.78, 5) is 19.2. The van der Waals surface area contributed by atoms with Crippen LogP contribution in [0.3, 0.4) is 0 Å². The number of amides is 1. The Labute approximate surface area is 164 Å². The van der Waals surface area contributed by atoms with Gasteiger partial charge in [-0.25, -0.2) is 4.98 Å². The second kappa shape index (κ2) is 7.61. The normalized spacial score (nSPS) is 13.5. The van der Waals surface area contributed by atoms with E-state index in [0.29, 0.717) is 12.3 Å². The number of hydrogen-bond acceptors (Lipinski definition) is 3. The Kier molecular flexibility index (Phi) is 5.03. The fraction of sp³-hybridized carbons (Fsp3) is 0.273. The fourth-order valence-electron chi connectivity index (χ4n) is 3.58. The van der Waals surface area contributed by atoms with Crippen LogP contribution < -0.4 is 0 Å². The van der Waals surface area contributed by atoms with Gasteiger partial charge in [-0.05, 0) is 43.0 Å². The molecule has 5 heteroatoms. The third kappa shape index (κ3) is 3.78. The maximum atomic E-state index is 12.7. The lowest BCUT2D eigenvalue weighted by atomic mass is 10.00. The van der Waals surface area contributed by atoms with Crippen molar-refractivity contribution in [1.29, 1.82) is 0 Å². The highest BCUT2D eigenvalue weighted by Crippen LogP contribution is 2.25. The first kappa shape index (κ1) is 17.9. The van der Waals surface area contributed by atoms with Gasteiger partial charge < -0.3 is 4.90 Å². The summed E-state index contributed by atoms with van der Waals surface area (Å²) in [6.45, 7) is 5.70. The molecule has 2 heterocycles. The zero-order valence-electron chi connectivity index (χ0n) is 15.7. The molecule has 1 aliphatic rings. The number of benzene rings is 2. The highest BCUT2D eigenvalue weighted by molar-refractivity contribution is 7.99. The molecule has 0 radical (unpaired) electrons. The molecule has 4 nitrogen and oxygen atoms in total. The van der Waals surface area contributed by atoms with Crippen LogP contribution in [0.15, 0.2) is 60.0 Å². The van der Waals surface area contributed by atoms with Crippen molar-refractivity contribution in [2.75, 3.05) is 12.3 Å². The van der Waals surface area contributed by atoms with Gasteiger partial charge in [0, 0.05) is 25.5 Å². The van der Waals surface area contributed by atoms with Crippen LogP contribution in [-0.4, -0.2) is 32.7 Å². The minimum atomic E-state index is 0.171. The van der Waals surface area contributed by atoms with E-state index >= 15 is 0 Å². The third-order valence-electron chi connectivity index (χ3n) is 5.03. The Morgan fingerprint density at radius 3 is 2.78 bits per heavy atom. The minimum Gasteiger partial charge on any atom is -0.337 e. The largest absolute Gasteiger partial charge is 0.337 e. The molecule has 27 heavy (non-hydrogen) atoms. The van der Waals surface area contributed by atoms with E-state index < -0.39 is 0 Å². The first-order valence-electron chi connectivity index (χ1n) is 9.20. The Morgan fingerprint density at radius 2 is 1.96 bits per heavy atom. The van der Waals surface area contributed by atoms with E-state index in [4.69, 9.17) is 0 Å². The van der Waals surface area contributed by atoms with Crippen molar-refractivity contribution in [2.45, 2.75) is 32.0 Å². The van der Waals surface area contributed by atoms with Gasteiger partial charge >= 0.3 is 0 Å². The van der Waals surface area contributed by atoms with E-state index in [0.717, 1.165) is 23.8 Å². The van der Waals surface area contributed by atoms with Crippen LogP contribution in [0.2, 0.25) is 0 Å². The predicted octanol–water partition coefficient (Wildman–Crippen LogP) is 4.17. The fourth-order valence-corrected chi connectivity index (χ4v) is 4.45. The summed E-state index contributed by atoms with van der Waals surface area (Å²) in [6, 6.07) is 14.8. The van der Waals surface area contributed by atoms with Crippen molar-refractivity contribution in [3.05, 3.63) is 77.1 Å². The van der Waals surface area contributed by atoms with E-state index in [1.165, 1.54) is 34.0 Å². The molecule has 0 fully saturated rings. The van der Waals surface area contributed by atoms with Crippen molar-refractivity contribution in [3.8, 4) is 5.69 Å². The number of hydrogen-bond donors (Lipinski definition) is 0. The molecule has 1 aliphatic heterocycles. The Morgan fingerprint density at radius 1 is 1.15 bits per heavy atom. The quantitative estimate of drug-likeness (QED) is 0.641. The summed E-state index contributed by atoms with van der Waals surface area (Å²) in [5, 5.41) is 0.854. The molecule has 4 rings (SSSR count). The SMILES string of the molecule is Cc1ccc(-n2ccnc2SCC(=O)N2CCc3ccccc3C2)c(C)c1. The Bertz CT molecular complexity index is 979. The second-order valence-corrected chi connectivity index (χ2v) is 7.93. The number of rotatable bonds is 4. The minimum absolute atomic E-state index is 0.171. The number of fused-ring (bicyclic) bond motifs is 1. The van der Waals surface area contributed by atoms with Crippen molar-refractivity contribution in [3.63, 3.8) is 0 Å². The maximum absolute atomic E-state index is 12.7. The Balaban J connectivity index is 1.44. The van der Waals surface area contributed by atoms with Gasteiger partial charge in [-0.3, -0.25) is 9.36 Å². The molecule has 0 spiro atoms. The number of aromatic nitrogens is 2. The summed E-state index contributed by atoms with van der Waals surface area (Å²) in [6.07, 6.45) is 4.69. The van der Waals surface area contributed by atoms with E-state index in [1.807, 2.05) is 17.2 Å². The third-order valence-corrected chi connectivity index (χ3v) is 5.98.